The summed E-state index contributed by atoms with van der Waals surface area (Å²) in [6.07, 6.45) is 0. The van der Waals surface area contributed by atoms with Gasteiger partial charge in [-0.05, 0) is 58.0 Å². The zero-order chi connectivity index (χ0) is 20.3. The average molecular weight is 382 g/mol. The number of hydrogen-bond acceptors (Lipinski definition) is 5. The fourth-order valence-corrected chi connectivity index (χ4v) is 2.93. The van der Waals surface area contributed by atoms with E-state index in [1.54, 1.807) is 50.2 Å². The van der Waals surface area contributed by atoms with Crippen molar-refractivity contribution in [2.24, 2.45) is 0 Å². The van der Waals surface area contributed by atoms with Crippen LogP contribution in [0, 0.1) is 20.8 Å². The Hall–Kier alpha value is -3.55. The van der Waals surface area contributed by atoms with E-state index in [1.807, 2.05) is 18.4 Å². The molecule has 8 heteroatoms. The van der Waals surface area contributed by atoms with Gasteiger partial charge in [0.05, 0.1) is 12.2 Å². The first-order valence-electron chi connectivity index (χ1n) is 8.87. The Kier molecular flexibility index (Phi) is 5.49. The van der Waals surface area contributed by atoms with Gasteiger partial charge in [0.2, 0.25) is 0 Å². The van der Waals surface area contributed by atoms with Gasteiger partial charge in [-0.3, -0.25) is 25.0 Å². The molecule has 0 aliphatic rings. The zero-order valence-electron chi connectivity index (χ0n) is 16.2. The number of benzene rings is 1. The molecule has 28 heavy (non-hydrogen) atoms. The lowest BCUT2D eigenvalue weighted by atomic mass is 10.2. The van der Waals surface area contributed by atoms with Gasteiger partial charge < -0.3 is 9.26 Å². The van der Waals surface area contributed by atoms with Gasteiger partial charge in [-0.2, -0.15) is 0 Å². The van der Waals surface area contributed by atoms with Gasteiger partial charge in [-0.25, -0.2) is 0 Å². The Morgan fingerprint density at radius 2 is 1.75 bits per heavy atom. The minimum atomic E-state index is -0.419. The maximum atomic E-state index is 12.5. The van der Waals surface area contributed by atoms with Crippen molar-refractivity contribution in [3.05, 3.63) is 64.7 Å². The normalized spacial score (nSPS) is 10.6. The molecule has 0 atom stereocenters. The Morgan fingerprint density at radius 3 is 2.36 bits per heavy atom. The second-order valence-corrected chi connectivity index (χ2v) is 6.28. The number of carbonyl (C=O) groups excluding carboxylic acids is 2. The van der Waals surface area contributed by atoms with Gasteiger partial charge >= 0.3 is 0 Å². The number of aromatic nitrogens is 2. The SMILES string of the molecule is CCOc1ccc(C(=O)NNC(=O)c2cc(C)n(-c3cc(C)on3)c2C)cc1. The fraction of sp³-hybridized carbons (Fsp3) is 0.250. The molecule has 3 aromatic rings. The molecular weight excluding hydrogens is 360 g/mol. The third-order valence-electron chi connectivity index (χ3n) is 4.24. The minimum absolute atomic E-state index is 0.410. The van der Waals surface area contributed by atoms with Crippen LogP contribution in [0.3, 0.4) is 0 Å². The molecule has 2 amide bonds. The molecule has 146 valence electrons. The summed E-state index contributed by atoms with van der Waals surface area (Å²) < 4.78 is 12.3. The van der Waals surface area contributed by atoms with Crippen LogP contribution in [0.2, 0.25) is 0 Å². The number of aryl methyl sites for hydroxylation is 2. The third-order valence-corrected chi connectivity index (χ3v) is 4.24. The molecule has 0 aliphatic heterocycles. The highest BCUT2D eigenvalue weighted by molar-refractivity contribution is 5.99. The lowest BCUT2D eigenvalue weighted by molar-refractivity contribution is 0.0846. The first kappa shape index (κ1) is 19.2. The van der Waals surface area contributed by atoms with Crippen LogP contribution in [0.4, 0.5) is 0 Å². The summed E-state index contributed by atoms with van der Waals surface area (Å²) in [5.74, 6) is 1.12. The van der Waals surface area contributed by atoms with Crippen molar-refractivity contribution >= 4 is 11.8 Å². The molecule has 2 N–H and O–H groups in total. The molecule has 2 aromatic heterocycles. The summed E-state index contributed by atoms with van der Waals surface area (Å²) in [5.41, 5.74) is 7.24. The highest BCUT2D eigenvalue weighted by atomic mass is 16.5. The van der Waals surface area contributed by atoms with Gasteiger partial charge in [0.15, 0.2) is 5.82 Å². The number of hydrazine groups is 1. The third kappa shape index (κ3) is 3.90. The van der Waals surface area contributed by atoms with Crippen molar-refractivity contribution in [3.8, 4) is 11.6 Å². The van der Waals surface area contributed by atoms with E-state index in [2.05, 4.69) is 16.0 Å². The van der Waals surface area contributed by atoms with Crippen LogP contribution in [-0.4, -0.2) is 28.1 Å². The molecule has 0 fully saturated rings. The Balaban J connectivity index is 1.69. The fourth-order valence-electron chi connectivity index (χ4n) is 2.93. The molecule has 0 saturated carbocycles. The van der Waals surface area contributed by atoms with Crippen molar-refractivity contribution in [2.75, 3.05) is 6.61 Å². The summed E-state index contributed by atoms with van der Waals surface area (Å²) in [6, 6.07) is 10.2. The highest BCUT2D eigenvalue weighted by Crippen LogP contribution is 2.20. The van der Waals surface area contributed by atoms with Gasteiger partial charge in [-0.1, -0.05) is 5.16 Å². The zero-order valence-corrected chi connectivity index (χ0v) is 16.2. The lowest BCUT2D eigenvalue weighted by Gasteiger charge is -2.09. The topological polar surface area (TPSA) is 98.4 Å². The smallest absolute Gasteiger partial charge is 0.271 e. The maximum absolute atomic E-state index is 12.5. The molecule has 0 aliphatic carbocycles. The number of hydrogen-bond donors (Lipinski definition) is 2. The second kappa shape index (κ2) is 7.99. The highest BCUT2D eigenvalue weighted by Gasteiger charge is 2.19. The van der Waals surface area contributed by atoms with Crippen LogP contribution >= 0.6 is 0 Å². The Bertz CT molecular complexity index is 1000. The number of nitrogens with zero attached hydrogens (tertiary/aromatic N) is 2. The van der Waals surface area contributed by atoms with Crippen LogP contribution in [0.25, 0.3) is 5.82 Å². The monoisotopic (exact) mass is 382 g/mol. The quantitative estimate of drug-likeness (QED) is 0.661. The second-order valence-electron chi connectivity index (χ2n) is 6.28. The van der Waals surface area contributed by atoms with Gasteiger partial charge in [0.1, 0.15) is 11.5 Å². The molecule has 2 heterocycles. The van der Waals surface area contributed by atoms with E-state index in [0.717, 1.165) is 5.69 Å². The molecule has 3 rings (SSSR count). The summed E-state index contributed by atoms with van der Waals surface area (Å²) in [7, 11) is 0. The van der Waals surface area contributed by atoms with Crippen LogP contribution in [0.5, 0.6) is 5.75 Å². The van der Waals surface area contributed by atoms with Crippen molar-refractivity contribution in [2.45, 2.75) is 27.7 Å². The van der Waals surface area contributed by atoms with Crippen LogP contribution in [0.15, 0.2) is 40.9 Å². The summed E-state index contributed by atoms with van der Waals surface area (Å²) in [6.45, 7) is 7.91. The van der Waals surface area contributed by atoms with Gasteiger partial charge in [-0.15, -0.1) is 0 Å². The number of amides is 2. The van der Waals surface area contributed by atoms with E-state index < -0.39 is 11.8 Å². The van der Waals surface area contributed by atoms with E-state index in [-0.39, 0.29) is 0 Å². The molecule has 0 saturated heterocycles. The standard InChI is InChI=1S/C20H22N4O4/c1-5-27-16-8-6-15(7-9-16)19(25)21-22-20(26)17-10-12(2)24(14(17)4)18-11-13(3)28-23-18/h6-11H,5H2,1-4H3,(H,21,25)(H,22,26). The molecule has 0 radical (unpaired) electrons. The average Bonchev–Trinajstić information content (AvgIpc) is 3.22. The van der Waals surface area contributed by atoms with Crippen molar-refractivity contribution < 1.29 is 18.8 Å². The Labute approximate surface area is 162 Å². The van der Waals surface area contributed by atoms with Crippen LogP contribution in [-0.2, 0) is 0 Å². The minimum Gasteiger partial charge on any atom is -0.494 e. The largest absolute Gasteiger partial charge is 0.494 e. The van der Waals surface area contributed by atoms with E-state index in [1.165, 1.54) is 0 Å². The summed E-state index contributed by atoms with van der Waals surface area (Å²) in [5, 5.41) is 3.99. The summed E-state index contributed by atoms with van der Waals surface area (Å²) >= 11 is 0. The van der Waals surface area contributed by atoms with Gasteiger partial charge in [0.25, 0.3) is 11.8 Å². The number of rotatable bonds is 5. The number of carbonyl (C=O) groups is 2. The van der Waals surface area contributed by atoms with E-state index in [9.17, 15) is 9.59 Å². The first-order valence-corrected chi connectivity index (χ1v) is 8.87. The molecule has 1 aromatic carbocycles. The first-order chi connectivity index (χ1) is 13.4. The van der Waals surface area contributed by atoms with Gasteiger partial charge in [0, 0.05) is 23.0 Å². The molecule has 0 spiro atoms. The summed E-state index contributed by atoms with van der Waals surface area (Å²) in [4.78, 5) is 24.8. The number of ether oxygens (including phenoxy) is 1. The predicted molar refractivity (Wildman–Crippen MR) is 103 cm³/mol. The van der Waals surface area contributed by atoms with E-state index in [4.69, 9.17) is 9.26 Å². The van der Waals surface area contributed by atoms with Crippen LogP contribution < -0.4 is 15.6 Å². The van der Waals surface area contributed by atoms with Crippen molar-refractivity contribution in [3.63, 3.8) is 0 Å². The lowest BCUT2D eigenvalue weighted by Crippen LogP contribution is -2.41. The van der Waals surface area contributed by atoms with Crippen LogP contribution in [0.1, 0.15) is 44.8 Å². The Morgan fingerprint density at radius 1 is 1.07 bits per heavy atom. The molecule has 8 nitrogen and oxygen atoms in total. The predicted octanol–water partition coefficient (Wildman–Crippen LogP) is 2.86. The van der Waals surface area contributed by atoms with Crippen molar-refractivity contribution in [1.82, 2.24) is 20.6 Å². The number of nitrogens with one attached hydrogen (secondary N) is 2. The van der Waals surface area contributed by atoms with E-state index >= 15 is 0 Å². The molecular formula is C20H22N4O4. The molecule has 0 bridgehead atoms. The van der Waals surface area contributed by atoms with Crippen molar-refractivity contribution in [1.29, 1.82) is 0 Å². The maximum Gasteiger partial charge on any atom is 0.271 e. The van der Waals surface area contributed by atoms with E-state index in [0.29, 0.717) is 40.8 Å². The molecule has 0 unspecified atom stereocenters.